The summed E-state index contributed by atoms with van der Waals surface area (Å²) in [6.45, 7) is 6.53. The SMILES string of the molecule is CCCC[NH3+].CCCC[NH3+].O=C([O-])[O-]. The van der Waals surface area contributed by atoms with E-state index in [0.717, 1.165) is 13.1 Å². The number of unbranched alkanes of at least 4 members (excludes halogenated alkanes) is 2. The second-order valence-corrected chi connectivity index (χ2v) is 2.66. The maximum absolute atomic E-state index is 8.33. The molecule has 0 aliphatic heterocycles. The first-order valence-electron chi connectivity index (χ1n) is 5.03. The van der Waals surface area contributed by atoms with Gasteiger partial charge in [-0.15, -0.1) is 0 Å². The zero-order valence-corrected chi connectivity index (χ0v) is 9.38. The predicted molar refractivity (Wildman–Crippen MR) is 50.7 cm³/mol. The molecule has 5 nitrogen and oxygen atoms in total. The Balaban J connectivity index is -0.000000131. The fourth-order valence-corrected chi connectivity index (χ4v) is 0.500. The van der Waals surface area contributed by atoms with Gasteiger partial charge in [-0.3, -0.25) is 0 Å². The molecule has 0 amide bonds. The van der Waals surface area contributed by atoms with Crippen molar-refractivity contribution in [2.45, 2.75) is 39.5 Å². The van der Waals surface area contributed by atoms with Crippen molar-refractivity contribution >= 4 is 6.16 Å². The van der Waals surface area contributed by atoms with Crippen LogP contribution in [0, 0.1) is 0 Å². The van der Waals surface area contributed by atoms with E-state index in [1.165, 1.54) is 25.7 Å². The second kappa shape index (κ2) is 22.8. The smallest absolute Gasteiger partial charge is 0.0739 e. The van der Waals surface area contributed by atoms with E-state index in [1.807, 2.05) is 0 Å². The maximum Gasteiger partial charge on any atom is 0.0739 e. The number of carbonyl (C=O) groups excluding carboxylic acids is 1. The normalized spacial score (nSPS) is 7.71. The first kappa shape index (κ1) is 18.9. The molecule has 88 valence electrons. The number of carbonyl (C=O) groups is 1. The van der Waals surface area contributed by atoms with Crippen molar-refractivity contribution in [1.82, 2.24) is 0 Å². The summed E-state index contributed by atoms with van der Waals surface area (Å²) in [7, 11) is 0. The molecule has 6 N–H and O–H groups in total. The molecule has 0 saturated carbocycles. The lowest BCUT2D eigenvalue weighted by molar-refractivity contribution is -0.415. The van der Waals surface area contributed by atoms with Crippen LogP contribution in [-0.4, -0.2) is 19.2 Å². The molecule has 0 atom stereocenters. The molecule has 0 fully saturated rings. The zero-order chi connectivity index (χ0) is 11.8. The van der Waals surface area contributed by atoms with Crippen LogP contribution in [0.5, 0.6) is 0 Å². The fraction of sp³-hybridized carbons (Fsp3) is 0.889. The quantitative estimate of drug-likeness (QED) is 0.536. The minimum absolute atomic E-state index is 1.09. The van der Waals surface area contributed by atoms with Crippen molar-refractivity contribution in [3.05, 3.63) is 0 Å². The van der Waals surface area contributed by atoms with Crippen molar-refractivity contribution in [3.8, 4) is 0 Å². The fourth-order valence-electron chi connectivity index (χ4n) is 0.500. The third-order valence-electron chi connectivity index (χ3n) is 1.21. The van der Waals surface area contributed by atoms with Crippen molar-refractivity contribution in [3.63, 3.8) is 0 Å². The standard InChI is InChI=1S/2C4H11N.CH2O3/c2*1-2-3-4-5;2-1(3)4/h2*2-5H2,1H3;(H2,2,3,4). The van der Waals surface area contributed by atoms with Gasteiger partial charge in [-0.2, -0.15) is 0 Å². The van der Waals surface area contributed by atoms with Gasteiger partial charge < -0.3 is 26.5 Å². The van der Waals surface area contributed by atoms with Gasteiger partial charge in [0.05, 0.1) is 13.1 Å². The summed E-state index contributed by atoms with van der Waals surface area (Å²) in [4.78, 5) is 8.33. The highest BCUT2D eigenvalue weighted by Crippen LogP contribution is 1.76. The zero-order valence-electron chi connectivity index (χ0n) is 9.38. The molecule has 0 spiro atoms. The average molecular weight is 208 g/mol. The lowest BCUT2D eigenvalue weighted by Gasteiger charge is -1.96. The van der Waals surface area contributed by atoms with Crippen molar-refractivity contribution in [1.29, 1.82) is 0 Å². The Morgan fingerprint density at radius 2 is 1.21 bits per heavy atom. The van der Waals surface area contributed by atoms with Gasteiger partial charge in [0.25, 0.3) is 0 Å². The average Bonchev–Trinajstić information content (AvgIpc) is 2.07. The van der Waals surface area contributed by atoms with Crippen LogP contribution in [0.25, 0.3) is 0 Å². The monoisotopic (exact) mass is 208 g/mol. The number of quaternary nitrogens is 2. The minimum Gasteiger partial charge on any atom is -0.652 e. The summed E-state index contributed by atoms with van der Waals surface area (Å²) in [6, 6.07) is 0. The molecule has 0 rings (SSSR count). The third-order valence-corrected chi connectivity index (χ3v) is 1.21. The lowest BCUT2D eigenvalue weighted by atomic mass is 10.3. The molecule has 0 aromatic heterocycles. The molecule has 0 aromatic carbocycles. The van der Waals surface area contributed by atoms with Crippen molar-refractivity contribution in [2.24, 2.45) is 0 Å². The van der Waals surface area contributed by atoms with Gasteiger partial charge in [-0.25, -0.2) is 0 Å². The molecule has 0 saturated heterocycles. The van der Waals surface area contributed by atoms with Gasteiger partial charge >= 0.3 is 0 Å². The van der Waals surface area contributed by atoms with Crippen LogP contribution in [-0.2, 0) is 0 Å². The highest BCUT2D eigenvalue weighted by Gasteiger charge is 1.71. The molecule has 14 heavy (non-hydrogen) atoms. The Morgan fingerprint density at radius 3 is 1.21 bits per heavy atom. The second-order valence-electron chi connectivity index (χ2n) is 2.66. The summed E-state index contributed by atoms with van der Waals surface area (Å²) in [5.74, 6) is 0. The summed E-state index contributed by atoms with van der Waals surface area (Å²) < 4.78 is 0. The number of hydrogen-bond donors (Lipinski definition) is 2. The molecule has 0 unspecified atom stereocenters. The van der Waals surface area contributed by atoms with E-state index in [-0.39, 0.29) is 0 Å². The molecule has 0 radical (unpaired) electrons. The summed E-state index contributed by atoms with van der Waals surface area (Å²) in [6.07, 6.45) is 2.78. The van der Waals surface area contributed by atoms with Gasteiger partial charge in [-0.1, -0.05) is 26.7 Å². The van der Waals surface area contributed by atoms with Gasteiger partial charge in [0, 0.05) is 0 Å². The van der Waals surface area contributed by atoms with Crippen LogP contribution in [0.4, 0.5) is 4.79 Å². The molecule has 5 heteroatoms. The van der Waals surface area contributed by atoms with Crippen molar-refractivity contribution in [2.75, 3.05) is 13.1 Å². The summed E-state index contributed by atoms with van der Waals surface area (Å²) >= 11 is 0. The maximum atomic E-state index is 8.33. The molecule has 0 aliphatic carbocycles. The van der Waals surface area contributed by atoms with Crippen LogP contribution in [0.1, 0.15) is 39.5 Å². The largest absolute Gasteiger partial charge is 0.652 e. The first-order chi connectivity index (χ1) is 6.56. The highest BCUT2D eigenvalue weighted by atomic mass is 16.6. The molecule has 0 aliphatic rings. The summed E-state index contributed by atoms with van der Waals surface area (Å²) in [5.41, 5.74) is 7.35. The Morgan fingerprint density at radius 1 is 1.00 bits per heavy atom. The molecular formula is C9H24N2O3. The predicted octanol–water partition coefficient (Wildman–Crippen LogP) is -2.39. The van der Waals surface area contributed by atoms with E-state index >= 15 is 0 Å². The number of hydrogen-bond acceptors (Lipinski definition) is 3. The van der Waals surface area contributed by atoms with Crippen LogP contribution < -0.4 is 21.7 Å². The van der Waals surface area contributed by atoms with Gasteiger partial charge in [0.15, 0.2) is 0 Å². The van der Waals surface area contributed by atoms with E-state index in [4.69, 9.17) is 15.0 Å². The van der Waals surface area contributed by atoms with Gasteiger partial charge in [0.2, 0.25) is 0 Å². The Kier molecular flexibility index (Phi) is 30.7. The number of carboxylic acid groups (broad SMARTS) is 2. The van der Waals surface area contributed by atoms with Crippen LogP contribution in [0.15, 0.2) is 0 Å². The van der Waals surface area contributed by atoms with Crippen LogP contribution >= 0.6 is 0 Å². The van der Waals surface area contributed by atoms with Gasteiger partial charge in [0.1, 0.15) is 0 Å². The topological polar surface area (TPSA) is 118 Å². The Bertz CT molecular complexity index is 86.1. The van der Waals surface area contributed by atoms with Crippen LogP contribution in [0.3, 0.4) is 0 Å². The summed E-state index contributed by atoms with van der Waals surface area (Å²) in [5, 5.41) is 16.7. The molecular weight excluding hydrogens is 184 g/mol. The highest BCUT2D eigenvalue weighted by molar-refractivity contribution is 5.47. The minimum atomic E-state index is -2.33. The Labute approximate surface area is 86.1 Å². The molecule has 0 bridgehead atoms. The first-order valence-corrected chi connectivity index (χ1v) is 5.03. The van der Waals surface area contributed by atoms with E-state index in [2.05, 4.69) is 25.3 Å². The van der Waals surface area contributed by atoms with Gasteiger partial charge in [-0.05, 0) is 19.0 Å². The lowest BCUT2D eigenvalue weighted by Crippen LogP contribution is -2.49. The van der Waals surface area contributed by atoms with Crippen molar-refractivity contribution < 1.29 is 26.5 Å². The van der Waals surface area contributed by atoms with E-state index in [1.54, 1.807) is 0 Å². The van der Waals surface area contributed by atoms with E-state index < -0.39 is 6.16 Å². The third kappa shape index (κ3) is 114. The van der Waals surface area contributed by atoms with Crippen LogP contribution in [0.2, 0.25) is 0 Å². The molecule has 0 aromatic rings. The van der Waals surface area contributed by atoms with E-state index in [9.17, 15) is 0 Å². The van der Waals surface area contributed by atoms with E-state index in [0.29, 0.717) is 0 Å². The number of rotatable bonds is 4. The Hall–Kier alpha value is -0.810. The molecule has 0 heterocycles.